The number of aryl methyl sites for hydroxylation is 1. The SMILES string of the molecule is Cc1ncc(NC(=O)c2ccc(S(=O)(=O)C(C)C)c(F)c2)cn1. The maximum Gasteiger partial charge on any atom is 0.255 e. The summed E-state index contributed by atoms with van der Waals surface area (Å²) in [6.07, 6.45) is 2.85. The van der Waals surface area contributed by atoms with E-state index in [9.17, 15) is 17.6 Å². The van der Waals surface area contributed by atoms with E-state index < -0.39 is 31.7 Å². The number of hydrogen-bond donors (Lipinski definition) is 1. The number of sulfone groups is 1. The number of rotatable bonds is 4. The van der Waals surface area contributed by atoms with Gasteiger partial charge in [-0.3, -0.25) is 4.79 Å². The Kier molecular flexibility index (Phi) is 4.74. The lowest BCUT2D eigenvalue weighted by molar-refractivity contribution is 0.102. The molecule has 2 aromatic rings. The van der Waals surface area contributed by atoms with E-state index in [2.05, 4.69) is 15.3 Å². The van der Waals surface area contributed by atoms with E-state index in [-0.39, 0.29) is 5.56 Å². The number of anilines is 1. The molecule has 0 atom stereocenters. The van der Waals surface area contributed by atoms with Gasteiger partial charge in [-0.05, 0) is 39.0 Å². The molecule has 2 rings (SSSR count). The molecule has 23 heavy (non-hydrogen) atoms. The monoisotopic (exact) mass is 337 g/mol. The number of aromatic nitrogens is 2. The average Bonchev–Trinajstić information content (AvgIpc) is 2.49. The number of halogens is 1. The highest BCUT2D eigenvalue weighted by Crippen LogP contribution is 2.21. The van der Waals surface area contributed by atoms with E-state index in [1.807, 2.05) is 0 Å². The van der Waals surface area contributed by atoms with Crippen LogP contribution < -0.4 is 5.32 Å². The highest BCUT2D eigenvalue weighted by molar-refractivity contribution is 7.92. The summed E-state index contributed by atoms with van der Waals surface area (Å²) < 4.78 is 38.1. The van der Waals surface area contributed by atoms with Gasteiger partial charge in [-0.1, -0.05) is 0 Å². The highest BCUT2D eigenvalue weighted by atomic mass is 32.2. The first kappa shape index (κ1) is 17.0. The Morgan fingerprint density at radius 3 is 2.35 bits per heavy atom. The fraction of sp³-hybridized carbons (Fsp3) is 0.267. The average molecular weight is 337 g/mol. The zero-order valence-corrected chi connectivity index (χ0v) is 13.7. The second-order valence-electron chi connectivity index (χ2n) is 5.21. The van der Waals surface area contributed by atoms with Crippen LogP contribution in [-0.2, 0) is 9.84 Å². The number of nitrogens with zero attached hydrogens (tertiary/aromatic N) is 2. The molecule has 0 aliphatic heterocycles. The first-order chi connectivity index (χ1) is 10.7. The van der Waals surface area contributed by atoms with Crippen molar-refractivity contribution in [3.8, 4) is 0 Å². The lowest BCUT2D eigenvalue weighted by atomic mass is 10.2. The summed E-state index contributed by atoms with van der Waals surface area (Å²) in [4.78, 5) is 19.5. The van der Waals surface area contributed by atoms with Crippen molar-refractivity contribution in [3.05, 3.63) is 47.8 Å². The Balaban J connectivity index is 2.26. The smallest absolute Gasteiger partial charge is 0.255 e. The second kappa shape index (κ2) is 6.41. The zero-order chi connectivity index (χ0) is 17.2. The first-order valence-electron chi connectivity index (χ1n) is 6.85. The van der Waals surface area contributed by atoms with Crippen LogP contribution in [0.2, 0.25) is 0 Å². The molecule has 1 aromatic heterocycles. The summed E-state index contributed by atoms with van der Waals surface area (Å²) in [6.45, 7) is 4.63. The van der Waals surface area contributed by atoms with Gasteiger partial charge in [0.05, 0.1) is 23.3 Å². The molecule has 0 aliphatic carbocycles. The molecule has 0 spiro atoms. The Morgan fingerprint density at radius 1 is 1.22 bits per heavy atom. The van der Waals surface area contributed by atoms with Gasteiger partial charge >= 0.3 is 0 Å². The summed E-state index contributed by atoms with van der Waals surface area (Å²) in [7, 11) is -3.74. The zero-order valence-electron chi connectivity index (χ0n) is 12.9. The number of carbonyl (C=O) groups is 1. The second-order valence-corrected chi connectivity index (χ2v) is 7.68. The molecule has 0 saturated carbocycles. The maximum absolute atomic E-state index is 14.1. The van der Waals surface area contributed by atoms with E-state index in [0.29, 0.717) is 11.5 Å². The van der Waals surface area contributed by atoms with Gasteiger partial charge in [0.15, 0.2) is 9.84 Å². The minimum Gasteiger partial charge on any atom is -0.319 e. The van der Waals surface area contributed by atoms with Crippen LogP contribution in [0.4, 0.5) is 10.1 Å². The van der Waals surface area contributed by atoms with Gasteiger partial charge < -0.3 is 5.32 Å². The Bertz CT molecular complexity index is 834. The van der Waals surface area contributed by atoms with Crippen LogP contribution in [0.3, 0.4) is 0 Å². The summed E-state index contributed by atoms with van der Waals surface area (Å²) in [6, 6.07) is 3.27. The molecule has 0 saturated heterocycles. The van der Waals surface area contributed by atoms with Gasteiger partial charge in [-0.25, -0.2) is 22.8 Å². The number of hydrogen-bond acceptors (Lipinski definition) is 5. The molecule has 1 N–H and O–H groups in total. The number of benzene rings is 1. The van der Waals surface area contributed by atoms with Crippen molar-refractivity contribution >= 4 is 21.4 Å². The number of nitrogens with one attached hydrogen (secondary N) is 1. The summed E-state index contributed by atoms with van der Waals surface area (Å²) >= 11 is 0. The molecular formula is C15H16FN3O3S. The number of amides is 1. The van der Waals surface area contributed by atoms with E-state index in [0.717, 1.165) is 12.1 Å². The lowest BCUT2D eigenvalue weighted by Gasteiger charge is -2.10. The van der Waals surface area contributed by atoms with Crippen LogP contribution in [0.15, 0.2) is 35.5 Å². The van der Waals surface area contributed by atoms with Crippen molar-refractivity contribution in [1.29, 1.82) is 0 Å². The van der Waals surface area contributed by atoms with Gasteiger partial charge in [-0.2, -0.15) is 0 Å². The van der Waals surface area contributed by atoms with Crippen molar-refractivity contribution in [2.75, 3.05) is 5.32 Å². The van der Waals surface area contributed by atoms with Crippen LogP contribution in [-0.4, -0.2) is 29.5 Å². The van der Waals surface area contributed by atoms with Crippen molar-refractivity contribution in [2.24, 2.45) is 0 Å². The van der Waals surface area contributed by atoms with Crippen molar-refractivity contribution < 1.29 is 17.6 Å². The molecule has 1 aromatic carbocycles. The van der Waals surface area contributed by atoms with Crippen molar-refractivity contribution in [2.45, 2.75) is 30.9 Å². The predicted octanol–water partition coefficient (Wildman–Crippen LogP) is 2.36. The van der Waals surface area contributed by atoms with Gasteiger partial charge in [0.2, 0.25) is 0 Å². The summed E-state index contributed by atoms with van der Waals surface area (Å²) in [5.74, 6) is -0.978. The Morgan fingerprint density at radius 2 is 1.83 bits per heavy atom. The molecule has 122 valence electrons. The van der Waals surface area contributed by atoms with Gasteiger partial charge in [-0.15, -0.1) is 0 Å². The first-order valence-corrected chi connectivity index (χ1v) is 8.40. The van der Waals surface area contributed by atoms with E-state index in [4.69, 9.17) is 0 Å². The molecule has 1 amide bonds. The normalized spacial score (nSPS) is 11.5. The molecular weight excluding hydrogens is 321 g/mol. The van der Waals surface area contributed by atoms with Crippen LogP contribution in [0.5, 0.6) is 0 Å². The van der Waals surface area contributed by atoms with Crippen LogP contribution >= 0.6 is 0 Å². The van der Waals surface area contributed by atoms with Crippen LogP contribution in [0.25, 0.3) is 0 Å². The molecule has 0 bridgehead atoms. The largest absolute Gasteiger partial charge is 0.319 e. The lowest BCUT2D eigenvalue weighted by Crippen LogP contribution is -2.17. The Labute approximate surface area is 133 Å². The van der Waals surface area contributed by atoms with Crippen molar-refractivity contribution in [1.82, 2.24) is 9.97 Å². The Hall–Kier alpha value is -2.35. The third-order valence-corrected chi connectivity index (χ3v) is 5.35. The predicted molar refractivity (Wildman–Crippen MR) is 83.4 cm³/mol. The van der Waals surface area contributed by atoms with E-state index >= 15 is 0 Å². The molecule has 0 unspecified atom stereocenters. The van der Waals surface area contributed by atoms with Gasteiger partial charge in [0.25, 0.3) is 5.91 Å². The third kappa shape index (κ3) is 3.70. The van der Waals surface area contributed by atoms with E-state index in [1.165, 1.54) is 32.3 Å². The summed E-state index contributed by atoms with van der Waals surface area (Å²) in [5, 5.41) is 1.76. The minimum absolute atomic E-state index is 0.00535. The van der Waals surface area contributed by atoms with Gasteiger partial charge in [0.1, 0.15) is 16.5 Å². The van der Waals surface area contributed by atoms with Crippen LogP contribution in [0, 0.1) is 12.7 Å². The quantitative estimate of drug-likeness (QED) is 0.925. The van der Waals surface area contributed by atoms with Crippen LogP contribution in [0.1, 0.15) is 30.0 Å². The third-order valence-electron chi connectivity index (χ3n) is 3.16. The molecule has 0 radical (unpaired) electrons. The maximum atomic E-state index is 14.1. The molecule has 1 heterocycles. The topological polar surface area (TPSA) is 89.0 Å². The minimum atomic E-state index is -3.74. The molecule has 0 aliphatic rings. The molecule has 8 heteroatoms. The van der Waals surface area contributed by atoms with Crippen molar-refractivity contribution in [3.63, 3.8) is 0 Å². The highest BCUT2D eigenvalue weighted by Gasteiger charge is 2.24. The molecule has 0 fully saturated rings. The molecule has 6 nitrogen and oxygen atoms in total. The standard InChI is InChI=1S/C15H16FN3O3S/c1-9(2)23(21,22)14-5-4-11(6-13(14)16)15(20)19-12-7-17-10(3)18-8-12/h4-9H,1-3H3,(H,19,20). The fourth-order valence-electron chi connectivity index (χ4n) is 1.79. The summed E-state index contributed by atoms with van der Waals surface area (Å²) in [5.41, 5.74) is 0.366. The van der Waals surface area contributed by atoms with Gasteiger partial charge in [0, 0.05) is 5.56 Å². The number of carbonyl (C=O) groups excluding carboxylic acids is 1. The van der Waals surface area contributed by atoms with E-state index in [1.54, 1.807) is 6.92 Å². The fourth-order valence-corrected chi connectivity index (χ4v) is 2.88.